The Hall–Kier alpha value is -2.20. The third-order valence-electron chi connectivity index (χ3n) is 5.46. The minimum atomic E-state index is -0.00459. The van der Waals surface area contributed by atoms with Crippen LogP contribution in [0, 0.1) is 6.92 Å². The van der Waals surface area contributed by atoms with Crippen molar-refractivity contribution >= 4 is 35.8 Å². The molecule has 0 spiro atoms. The van der Waals surface area contributed by atoms with E-state index in [2.05, 4.69) is 39.2 Å². The number of carbonyl (C=O) groups excluding carboxylic acids is 1. The molecule has 1 atom stereocenters. The third-order valence-corrected chi connectivity index (χ3v) is 5.46. The van der Waals surface area contributed by atoms with Crippen molar-refractivity contribution < 1.29 is 9.53 Å². The van der Waals surface area contributed by atoms with E-state index < -0.39 is 0 Å². The van der Waals surface area contributed by atoms with Gasteiger partial charge in [0.15, 0.2) is 5.96 Å². The van der Waals surface area contributed by atoms with Gasteiger partial charge in [0.1, 0.15) is 12.6 Å². The molecule has 32 heavy (non-hydrogen) atoms. The van der Waals surface area contributed by atoms with Gasteiger partial charge in [0.05, 0.1) is 13.2 Å². The fourth-order valence-corrected chi connectivity index (χ4v) is 3.62. The fourth-order valence-electron chi connectivity index (χ4n) is 3.62. The Kier molecular flexibility index (Phi) is 10.9. The van der Waals surface area contributed by atoms with Crippen molar-refractivity contribution in [2.45, 2.75) is 26.4 Å². The first-order chi connectivity index (χ1) is 15.1. The molecule has 8 heteroatoms. The molecule has 1 N–H and O–H groups in total. The first-order valence-corrected chi connectivity index (χ1v) is 10.9. The lowest BCUT2D eigenvalue weighted by molar-refractivity contribution is -0.128. The van der Waals surface area contributed by atoms with Crippen LogP contribution in [-0.2, 0) is 16.0 Å². The quantitative estimate of drug-likeness (QED) is 0.326. The maximum atomic E-state index is 12.6. The van der Waals surface area contributed by atoms with Crippen molar-refractivity contribution in [1.82, 2.24) is 20.1 Å². The van der Waals surface area contributed by atoms with Crippen LogP contribution in [0.3, 0.4) is 0 Å². The number of likely N-dealkylation sites (N-methyl/N-ethyl adjacent to an activating group) is 1. The summed E-state index contributed by atoms with van der Waals surface area (Å²) in [5.41, 5.74) is 3.41. The predicted octanol–water partition coefficient (Wildman–Crippen LogP) is 3.05. The zero-order chi connectivity index (χ0) is 22.1. The topological polar surface area (TPSA) is 70.1 Å². The number of ether oxygens (including phenoxy) is 1. The standard InChI is InChI=1S/C24H33N5O2.HI/c1-4-25-24(27-17-23(30)28(3)14-12-20-10-7-8-13-26-20)29-15-16-31-22(18-29)21-11-6-5-9-19(21)2;/h5-11,13,22H,4,12,14-18H2,1-3H3,(H,25,27);1H. The van der Waals surface area contributed by atoms with Gasteiger partial charge < -0.3 is 19.9 Å². The van der Waals surface area contributed by atoms with Gasteiger partial charge in [-0.2, -0.15) is 0 Å². The molecular formula is C24H34IN5O2. The van der Waals surface area contributed by atoms with Crippen LogP contribution < -0.4 is 5.32 Å². The van der Waals surface area contributed by atoms with E-state index in [1.165, 1.54) is 11.1 Å². The van der Waals surface area contributed by atoms with Crippen LogP contribution in [0.1, 0.15) is 29.8 Å². The van der Waals surface area contributed by atoms with E-state index in [1.54, 1.807) is 11.1 Å². The normalized spacial score (nSPS) is 16.3. The van der Waals surface area contributed by atoms with Crippen LogP contribution >= 0.6 is 24.0 Å². The molecule has 3 rings (SSSR count). The molecule has 1 aromatic heterocycles. The molecule has 1 aliphatic rings. The van der Waals surface area contributed by atoms with Gasteiger partial charge in [-0.3, -0.25) is 9.78 Å². The predicted molar refractivity (Wildman–Crippen MR) is 138 cm³/mol. The SMILES string of the molecule is CCNC(=NCC(=O)N(C)CCc1ccccn1)N1CCOC(c2ccccc2C)C1.I. The lowest BCUT2D eigenvalue weighted by Crippen LogP contribution is -2.48. The summed E-state index contributed by atoms with van der Waals surface area (Å²) in [6.07, 6.45) is 2.50. The van der Waals surface area contributed by atoms with Crippen LogP contribution in [0.5, 0.6) is 0 Å². The van der Waals surface area contributed by atoms with Gasteiger partial charge >= 0.3 is 0 Å². The summed E-state index contributed by atoms with van der Waals surface area (Å²) in [5, 5.41) is 3.33. The number of carbonyl (C=O) groups is 1. The summed E-state index contributed by atoms with van der Waals surface area (Å²) in [6, 6.07) is 14.1. The molecule has 1 unspecified atom stereocenters. The van der Waals surface area contributed by atoms with E-state index in [4.69, 9.17) is 4.74 Å². The number of morpholine rings is 1. The van der Waals surface area contributed by atoms with Crippen molar-refractivity contribution in [2.75, 3.05) is 46.4 Å². The molecule has 2 heterocycles. The molecule has 1 aromatic carbocycles. The minimum absolute atomic E-state index is 0. The number of rotatable bonds is 7. The second-order valence-corrected chi connectivity index (χ2v) is 7.72. The summed E-state index contributed by atoms with van der Waals surface area (Å²) in [5.74, 6) is 0.755. The van der Waals surface area contributed by atoms with Crippen molar-refractivity contribution in [3.8, 4) is 0 Å². The molecule has 0 saturated carbocycles. The lowest BCUT2D eigenvalue weighted by atomic mass is 10.0. The molecule has 2 aromatic rings. The monoisotopic (exact) mass is 551 g/mol. The third kappa shape index (κ3) is 7.44. The highest BCUT2D eigenvalue weighted by Crippen LogP contribution is 2.24. The van der Waals surface area contributed by atoms with Crippen molar-refractivity contribution in [3.05, 3.63) is 65.5 Å². The number of benzene rings is 1. The minimum Gasteiger partial charge on any atom is -0.370 e. The number of aryl methyl sites for hydroxylation is 1. The molecular weight excluding hydrogens is 517 g/mol. The van der Waals surface area contributed by atoms with Crippen molar-refractivity contribution in [1.29, 1.82) is 0 Å². The average Bonchev–Trinajstić information content (AvgIpc) is 2.81. The number of pyridine rings is 1. The second kappa shape index (κ2) is 13.4. The Labute approximate surface area is 208 Å². The Morgan fingerprint density at radius 3 is 2.78 bits per heavy atom. The summed E-state index contributed by atoms with van der Waals surface area (Å²) in [6.45, 7) is 7.71. The van der Waals surface area contributed by atoms with Gasteiger partial charge in [0, 0.05) is 45.0 Å². The smallest absolute Gasteiger partial charge is 0.244 e. The van der Waals surface area contributed by atoms with E-state index in [9.17, 15) is 4.79 Å². The molecule has 174 valence electrons. The summed E-state index contributed by atoms with van der Waals surface area (Å²) in [7, 11) is 1.82. The lowest BCUT2D eigenvalue weighted by Gasteiger charge is -2.35. The van der Waals surface area contributed by atoms with E-state index in [-0.39, 0.29) is 42.5 Å². The van der Waals surface area contributed by atoms with Gasteiger partial charge in [0.2, 0.25) is 5.91 Å². The number of halogens is 1. The molecule has 0 bridgehead atoms. The molecule has 1 fully saturated rings. The highest BCUT2D eigenvalue weighted by Gasteiger charge is 2.25. The van der Waals surface area contributed by atoms with Crippen LogP contribution in [0.4, 0.5) is 0 Å². The van der Waals surface area contributed by atoms with E-state index in [0.717, 1.165) is 31.2 Å². The molecule has 0 radical (unpaired) electrons. The Morgan fingerprint density at radius 2 is 2.06 bits per heavy atom. The average molecular weight is 551 g/mol. The molecule has 7 nitrogen and oxygen atoms in total. The largest absolute Gasteiger partial charge is 0.370 e. The van der Waals surface area contributed by atoms with Gasteiger partial charge in [-0.25, -0.2) is 4.99 Å². The van der Waals surface area contributed by atoms with Crippen LogP contribution in [0.25, 0.3) is 0 Å². The number of nitrogens with zero attached hydrogens (tertiary/aromatic N) is 4. The molecule has 1 saturated heterocycles. The zero-order valence-corrected chi connectivity index (χ0v) is 21.5. The number of hydrogen-bond donors (Lipinski definition) is 1. The van der Waals surface area contributed by atoms with Crippen molar-refractivity contribution in [3.63, 3.8) is 0 Å². The summed E-state index contributed by atoms with van der Waals surface area (Å²) < 4.78 is 6.04. The fraction of sp³-hybridized carbons (Fsp3) is 0.458. The number of amides is 1. The maximum absolute atomic E-state index is 12.6. The van der Waals surface area contributed by atoms with Crippen molar-refractivity contribution in [2.24, 2.45) is 4.99 Å². The maximum Gasteiger partial charge on any atom is 0.244 e. The van der Waals surface area contributed by atoms with E-state index in [1.807, 2.05) is 44.3 Å². The Bertz CT molecular complexity index is 878. The van der Waals surface area contributed by atoms with E-state index in [0.29, 0.717) is 19.7 Å². The van der Waals surface area contributed by atoms with Gasteiger partial charge in [-0.1, -0.05) is 30.3 Å². The van der Waals surface area contributed by atoms with Gasteiger partial charge in [-0.15, -0.1) is 24.0 Å². The summed E-state index contributed by atoms with van der Waals surface area (Å²) in [4.78, 5) is 25.5. The Balaban J connectivity index is 0.00000363. The Morgan fingerprint density at radius 1 is 1.28 bits per heavy atom. The number of hydrogen-bond acceptors (Lipinski definition) is 4. The zero-order valence-electron chi connectivity index (χ0n) is 19.2. The molecule has 0 aliphatic carbocycles. The molecule has 1 amide bonds. The first kappa shape index (κ1) is 26.1. The van der Waals surface area contributed by atoms with Crippen LogP contribution in [0.15, 0.2) is 53.7 Å². The van der Waals surface area contributed by atoms with Crippen LogP contribution in [0.2, 0.25) is 0 Å². The first-order valence-electron chi connectivity index (χ1n) is 10.9. The molecule has 1 aliphatic heterocycles. The number of aromatic nitrogens is 1. The summed E-state index contributed by atoms with van der Waals surface area (Å²) >= 11 is 0. The number of nitrogens with one attached hydrogen (secondary N) is 1. The highest BCUT2D eigenvalue weighted by atomic mass is 127. The highest BCUT2D eigenvalue weighted by molar-refractivity contribution is 14.0. The number of guanidine groups is 1. The van der Waals surface area contributed by atoms with Gasteiger partial charge in [0.25, 0.3) is 0 Å². The number of aliphatic imine (C=N–C) groups is 1. The second-order valence-electron chi connectivity index (χ2n) is 7.72. The van der Waals surface area contributed by atoms with Crippen LogP contribution in [-0.4, -0.2) is 73.0 Å². The van der Waals surface area contributed by atoms with E-state index >= 15 is 0 Å². The van der Waals surface area contributed by atoms with Gasteiger partial charge in [-0.05, 0) is 37.1 Å².